The molecule has 4 heteroatoms. The maximum atomic E-state index is 11.6. The SMILES string of the molecule is Cc1ccc(O)c([C@H](CCN(C(C)C)C(C)C)c2ccccc2)c1.OC(CCN1CCCCC1)(c1ccccc1)C1CCCCC1. The fraction of sp³-hybridized carbons (Fsp3) is 0.571. The number of hydrogen-bond donors (Lipinski definition) is 2. The van der Waals surface area contributed by atoms with Gasteiger partial charge in [-0.1, -0.05) is 104 Å². The molecule has 3 aromatic rings. The second-order valence-corrected chi connectivity index (χ2v) is 14.5. The van der Waals surface area contributed by atoms with Crippen molar-refractivity contribution in [1.82, 2.24) is 9.80 Å². The first kappa shape index (κ1) is 36.2. The first-order chi connectivity index (χ1) is 22.2. The quantitative estimate of drug-likeness (QED) is 0.210. The van der Waals surface area contributed by atoms with Gasteiger partial charge in [0.05, 0.1) is 5.60 Å². The molecule has 2 aliphatic rings. The van der Waals surface area contributed by atoms with Crippen molar-refractivity contribution < 1.29 is 10.2 Å². The average molecular weight is 627 g/mol. The Labute approximate surface area is 280 Å². The Balaban J connectivity index is 0.000000209. The number of aryl methyl sites for hydroxylation is 1. The summed E-state index contributed by atoms with van der Waals surface area (Å²) in [5.41, 5.74) is 4.01. The molecule has 0 amide bonds. The Morgan fingerprint density at radius 3 is 1.98 bits per heavy atom. The lowest BCUT2D eigenvalue weighted by atomic mass is 9.71. The highest BCUT2D eigenvalue weighted by Gasteiger charge is 2.38. The molecule has 1 heterocycles. The second kappa shape index (κ2) is 18.0. The van der Waals surface area contributed by atoms with E-state index in [1.54, 1.807) is 0 Å². The summed E-state index contributed by atoms with van der Waals surface area (Å²) in [7, 11) is 0. The number of hydrogen-bond acceptors (Lipinski definition) is 4. The van der Waals surface area contributed by atoms with E-state index in [1.807, 2.05) is 18.2 Å². The summed E-state index contributed by atoms with van der Waals surface area (Å²) < 4.78 is 0. The molecule has 1 saturated carbocycles. The number of benzene rings is 3. The van der Waals surface area contributed by atoms with Gasteiger partial charge >= 0.3 is 0 Å². The van der Waals surface area contributed by atoms with Crippen molar-refractivity contribution >= 4 is 0 Å². The molecule has 1 saturated heterocycles. The monoisotopic (exact) mass is 626 g/mol. The molecule has 5 rings (SSSR count). The molecule has 0 radical (unpaired) electrons. The van der Waals surface area contributed by atoms with Gasteiger partial charge in [-0.05, 0) is 116 Å². The van der Waals surface area contributed by atoms with E-state index in [4.69, 9.17) is 0 Å². The number of rotatable bonds is 12. The van der Waals surface area contributed by atoms with Crippen LogP contribution in [-0.4, -0.2) is 58.3 Å². The molecule has 3 aromatic carbocycles. The topological polar surface area (TPSA) is 46.9 Å². The van der Waals surface area contributed by atoms with Gasteiger partial charge in [0.2, 0.25) is 0 Å². The van der Waals surface area contributed by atoms with E-state index in [9.17, 15) is 10.2 Å². The molecule has 46 heavy (non-hydrogen) atoms. The van der Waals surface area contributed by atoms with Crippen molar-refractivity contribution in [3.63, 3.8) is 0 Å². The van der Waals surface area contributed by atoms with Crippen molar-refractivity contribution in [2.45, 2.75) is 122 Å². The van der Waals surface area contributed by atoms with Crippen LogP contribution in [0.3, 0.4) is 0 Å². The number of phenols is 1. The minimum atomic E-state index is -0.626. The molecule has 2 atom stereocenters. The number of nitrogens with zero attached hydrogens (tertiary/aromatic N) is 2. The van der Waals surface area contributed by atoms with E-state index in [-0.39, 0.29) is 5.92 Å². The van der Waals surface area contributed by atoms with Gasteiger partial charge < -0.3 is 15.1 Å². The van der Waals surface area contributed by atoms with Crippen LogP contribution in [0.2, 0.25) is 0 Å². The maximum Gasteiger partial charge on any atom is 0.119 e. The fourth-order valence-corrected chi connectivity index (χ4v) is 7.93. The smallest absolute Gasteiger partial charge is 0.119 e. The predicted molar refractivity (Wildman–Crippen MR) is 195 cm³/mol. The number of aliphatic hydroxyl groups is 1. The predicted octanol–water partition coefficient (Wildman–Crippen LogP) is 9.67. The summed E-state index contributed by atoms with van der Waals surface area (Å²) in [6.45, 7) is 15.6. The zero-order valence-corrected chi connectivity index (χ0v) is 29.5. The maximum absolute atomic E-state index is 11.6. The van der Waals surface area contributed by atoms with Crippen LogP contribution in [0.4, 0.5) is 0 Å². The van der Waals surface area contributed by atoms with Crippen molar-refractivity contribution in [1.29, 1.82) is 0 Å². The largest absolute Gasteiger partial charge is 0.508 e. The number of aromatic hydroxyl groups is 1. The number of phenolic OH excluding ortho intramolecular Hbond substituents is 1. The second-order valence-electron chi connectivity index (χ2n) is 14.5. The van der Waals surface area contributed by atoms with Crippen LogP contribution in [0.1, 0.15) is 120 Å². The average Bonchev–Trinajstić information content (AvgIpc) is 3.08. The Bertz CT molecular complexity index is 1260. The van der Waals surface area contributed by atoms with Gasteiger partial charge in [0.1, 0.15) is 5.75 Å². The van der Waals surface area contributed by atoms with Gasteiger partial charge in [-0.25, -0.2) is 0 Å². The van der Waals surface area contributed by atoms with E-state index < -0.39 is 5.60 Å². The van der Waals surface area contributed by atoms with Crippen molar-refractivity contribution in [2.24, 2.45) is 5.92 Å². The van der Waals surface area contributed by atoms with Crippen LogP contribution in [0.25, 0.3) is 0 Å². The zero-order chi connectivity index (χ0) is 32.9. The van der Waals surface area contributed by atoms with Crippen molar-refractivity contribution in [3.8, 4) is 5.75 Å². The van der Waals surface area contributed by atoms with E-state index >= 15 is 0 Å². The lowest BCUT2D eigenvalue weighted by Gasteiger charge is -2.40. The minimum Gasteiger partial charge on any atom is -0.508 e. The van der Waals surface area contributed by atoms with Crippen LogP contribution in [0.5, 0.6) is 5.75 Å². The number of piperidine rings is 1. The molecule has 1 aliphatic heterocycles. The van der Waals surface area contributed by atoms with E-state index in [0.29, 0.717) is 23.8 Å². The van der Waals surface area contributed by atoms with E-state index in [0.717, 1.165) is 37.1 Å². The van der Waals surface area contributed by atoms with E-state index in [1.165, 1.54) is 75.6 Å². The summed E-state index contributed by atoms with van der Waals surface area (Å²) in [4.78, 5) is 5.07. The molecule has 4 nitrogen and oxygen atoms in total. The molecule has 1 aliphatic carbocycles. The molecule has 1 unspecified atom stereocenters. The van der Waals surface area contributed by atoms with Gasteiger partial charge in [0.15, 0.2) is 0 Å². The molecule has 0 aromatic heterocycles. The highest BCUT2D eigenvalue weighted by Crippen LogP contribution is 2.42. The lowest BCUT2D eigenvalue weighted by molar-refractivity contribution is -0.0528. The molecule has 0 bridgehead atoms. The van der Waals surface area contributed by atoms with Crippen LogP contribution in [-0.2, 0) is 5.60 Å². The molecular weight excluding hydrogens is 564 g/mol. The van der Waals surface area contributed by atoms with Gasteiger partial charge in [0, 0.05) is 30.1 Å². The van der Waals surface area contributed by atoms with Crippen molar-refractivity contribution in [2.75, 3.05) is 26.2 Å². The Hall–Kier alpha value is -2.66. The lowest BCUT2D eigenvalue weighted by Crippen LogP contribution is -2.41. The van der Waals surface area contributed by atoms with Crippen molar-refractivity contribution in [3.05, 3.63) is 101 Å². The third-order valence-corrected chi connectivity index (χ3v) is 10.6. The standard InChI is InChI=1S/C22H31NO.C20H31NO/c1-16(2)23(17(3)4)14-13-20(19-9-7-6-8-10-19)21-15-18(5)11-12-22(21)24;22-20(18-10-4-1-5-11-18,19-12-6-2-7-13-19)14-17-21-15-8-3-9-16-21/h6-12,15-17,20,24H,13-14H2,1-5H3;1,4-5,10-11,19,22H,2-3,6-9,12-17H2/t20-;/m1./s1. The third kappa shape index (κ3) is 10.2. The molecular formula is C42H62N2O2. The summed E-state index contributed by atoms with van der Waals surface area (Å²) in [5.74, 6) is 1.05. The normalized spacial score (nSPS) is 18.3. The first-order valence-electron chi connectivity index (χ1n) is 18.3. The summed E-state index contributed by atoms with van der Waals surface area (Å²) >= 11 is 0. The Kier molecular flexibility index (Phi) is 14.2. The van der Waals surface area contributed by atoms with Gasteiger partial charge in [-0.3, -0.25) is 4.90 Å². The van der Waals surface area contributed by atoms with Crippen LogP contribution >= 0.6 is 0 Å². The first-order valence-corrected chi connectivity index (χ1v) is 18.3. The van der Waals surface area contributed by atoms with Gasteiger partial charge in [-0.2, -0.15) is 0 Å². The Morgan fingerprint density at radius 1 is 0.783 bits per heavy atom. The zero-order valence-electron chi connectivity index (χ0n) is 29.5. The molecule has 2 N–H and O–H groups in total. The molecule has 0 spiro atoms. The third-order valence-electron chi connectivity index (χ3n) is 10.6. The van der Waals surface area contributed by atoms with Crippen LogP contribution in [0.15, 0.2) is 78.9 Å². The fourth-order valence-electron chi connectivity index (χ4n) is 7.93. The highest BCUT2D eigenvalue weighted by molar-refractivity contribution is 5.43. The summed E-state index contributed by atoms with van der Waals surface area (Å²) in [6, 6.07) is 28.0. The summed E-state index contributed by atoms with van der Waals surface area (Å²) in [5, 5.41) is 22.0. The summed E-state index contributed by atoms with van der Waals surface area (Å²) in [6.07, 6.45) is 12.2. The molecule has 252 valence electrons. The Morgan fingerprint density at radius 2 is 1.37 bits per heavy atom. The minimum absolute atomic E-state index is 0.214. The van der Waals surface area contributed by atoms with Crippen LogP contribution in [0, 0.1) is 12.8 Å². The van der Waals surface area contributed by atoms with E-state index in [2.05, 4.69) is 105 Å². The van der Waals surface area contributed by atoms with Crippen LogP contribution < -0.4 is 0 Å². The number of likely N-dealkylation sites (tertiary alicyclic amines) is 1. The van der Waals surface area contributed by atoms with Gasteiger partial charge in [-0.15, -0.1) is 0 Å². The molecule has 2 fully saturated rings. The highest BCUT2D eigenvalue weighted by atomic mass is 16.3. The van der Waals surface area contributed by atoms with Gasteiger partial charge in [0.25, 0.3) is 0 Å².